The molecule has 8 bridgehead atoms. The molecule has 2 atom stereocenters. The molecule has 1 unspecified atom stereocenters. The summed E-state index contributed by atoms with van der Waals surface area (Å²) in [5.74, 6) is 1.49. The van der Waals surface area contributed by atoms with Crippen LogP contribution in [0.5, 0.6) is 17.2 Å². The van der Waals surface area contributed by atoms with Gasteiger partial charge in [-0.05, 0) is 127 Å². The van der Waals surface area contributed by atoms with Crippen molar-refractivity contribution in [3.8, 4) is 17.2 Å². The lowest BCUT2D eigenvalue weighted by Crippen LogP contribution is -2.30. The fourth-order valence-electron chi connectivity index (χ4n) is 7.70. The number of phenolic OH excluding ortho intramolecular Hbond substituents is 2. The van der Waals surface area contributed by atoms with E-state index < -0.39 is 21.3 Å². The van der Waals surface area contributed by atoms with Gasteiger partial charge in [-0.25, -0.2) is 0 Å². The number of alkyl halides is 2. The predicted octanol–water partition coefficient (Wildman–Crippen LogP) is 12.7. The van der Waals surface area contributed by atoms with Gasteiger partial charge in [0.25, 0.3) is 0 Å². The van der Waals surface area contributed by atoms with E-state index in [0.29, 0.717) is 102 Å². The van der Waals surface area contributed by atoms with Crippen LogP contribution in [-0.4, -0.2) is 67.7 Å². The topological polar surface area (TPSA) is 130 Å². The highest BCUT2D eigenvalue weighted by atomic mass is 35.5. The zero-order valence-corrected chi connectivity index (χ0v) is 42.2. The summed E-state index contributed by atoms with van der Waals surface area (Å²) in [6.45, 7) is 13.6. The summed E-state index contributed by atoms with van der Waals surface area (Å²) >= 11 is 12.1. The molecule has 0 aromatic heterocycles. The molecular formula is C50H72Cl2O10P2. The van der Waals surface area contributed by atoms with Gasteiger partial charge >= 0.3 is 15.2 Å². The lowest BCUT2D eigenvalue weighted by molar-refractivity contribution is 0.0457. The summed E-state index contributed by atoms with van der Waals surface area (Å²) in [6.07, 6.45) is 12.2. The van der Waals surface area contributed by atoms with E-state index in [4.69, 9.17) is 50.8 Å². The van der Waals surface area contributed by atoms with Crippen molar-refractivity contribution in [3.05, 3.63) is 99.6 Å². The normalized spacial score (nSPS) is 16.2. The van der Waals surface area contributed by atoms with Crippen molar-refractivity contribution in [2.45, 2.75) is 125 Å². The van der Waals surface area contributed by atoms with E-state index in [1.165, 1.54) is 0 Å². The molecule has 14 heteroatoms. The highest BCUT2D eigenvalue weighted by Crippen LogP contribution is 2.51. The van der Waals surface area contributed by atoms with Crippen molar-refractivity contribution < 1.29 is 46.9 Å². The minimum atomic E-state index is -3.82. The number of rotatable bonds is 24. The van der Waals surface area contributed by atoms with Crippen molar-refractivity contribution in [2.75, 3.05) is 51.4 Å². The molecule has 5 rings (SSSR count). The van der Waals surface area contributed by atoms with Gasteiger partial charge < -0.3 is 37.8 Å². The lowest BCUT2D eigenvalue weighted by Gasteiger charge is -2.31. The van der Waals surface area contributed by atoms with Crippen LogP contribution in [0.3, 0.4) is 0 Å². The third kappa shape index (κ3) is 14.7. The molecule has 3 aromatic carbocycles. The van der Waals surface area contributed by atoms with E-state index in [2.05, 4.69) is 6.08 Å². The number of hydrogen-bond acceptors (Lipinski definition) is 10. The number of aromatic hydroxyl groups is 2. The van der Waals surface area contributed by atoms with Gasteiger partial charge in [0.15, 0.2) is 0 Å². The highest BCUT2D eigenvalue weighted by Gasteiger charge is 2.35. The highest BCUT2D eigenvalue weighted by molar-refractivity contribution is 7.62. The van der Waals surface area contributed by atoms with Gasteiger partial charge in [-0.15, -0.1) is 23.2 Å². The Bertz CT molecular complexity index is 2050. The Hall–Kier alpha value is -2.62. The molecule has 0 saturated carbocycles. The Labute approximate surface area is 393 Å². The van der Waals surface area contributed by atoms with E-state index in [0.717, 1.165) is 36.0 Å². The van der Waals surface area contributed by atoms with Crippen LogP contribution < -0.4 is 15.3 Å². The molecule has 0 saturated heterocycles. The summed E-state index contributed by atoms with van der Waals surface area (Å²) in [6, 6.07) is 12.8. The summed E-state index contributed by atoms with van der Waals surface area (Å²) in [7, 11) is -7.64. The quantitative estimate of drug-likeness (QED) is 0.0508. The zero-order valence-electron chi connectivity index (χ0n) is 38.9. The van der Waals surface area contributed by atoms with Crippen LogP contribution in [0.25, 0.3) is 0 Å². The maximum absolute atomic E-state index is 14.7. The van der Waals surface area contributed by atoms with Crippen LogP contribution in [0.15, 0.2) is 66.3 Å². The van der Waals surface area contributed by atoms with Gasteiger partial charge in [0, 0.05) is 37.1 Å². The molecule has 0 fully saturated rings. The summed E-state index contributed by atoms with van der Waals surface area (Å²) in [5, 5.41) is 25.3. The standard InChI is InChI=1S/C48H66Cl2O10P2.C2H6/c1-5-21-57-61(53,58-22-6-2)43-31-39-27-35-15-13-17-37(47(35)55-25-11-9-19-49)29-41-33-44(62(54,59-23-7-3)60-24-8-4)34-42(46(41)52)30-38-18-14-16-36(28-40(32-43)45(39)51)48(38)56-26-12-10-20-50;1-2/h13-18,31-35,47,51-52H,5-12,19-30H2,1-4H3;1-2H3/t35-,47?;/m0./s1. The largest absolute Gasteiger partial charge is 0.507 e. The molecule has 356 valence electrons. The molecule has 2 N–H and O–H groups in total. The SMILES string of the molecule is CC.CCCOP(=O)(OCCC)c1cc2c(O)c(c1)Cc1cccc(c1OCCCCCl)Cc1cc(P(=O)(OCCC)OCCC)cc(c1O)C[C@@H]1C=CC=C(C2)C1OCCCCCl. The van der Waals surface area contributed by atoms with Crippen LogP contribution in [0, 0.1) is 5.92 Å². The first kappa shape index (κ1) is 54.0. The Morgan fingerprint density at radius 1 is 0.609 bits per heavy atom. The van der Waals surface area contributed by atoms with Gasteiger partial charge in [-0.2, -0.15) is 0 Å². The molecule has 2 aliphatic rings. The van der Waals surface area contributed by atoms with Gasteiger partial charge in [-0.3, -0.25) is 9.13 Å². The van der Waals surface area contributed by atoms with E-state index in [-0.39, 0.29) is 63.1 Å². The van der Waals surface area contributed by atoms with Crippen molar-refractivity contribution in [1.29, 1.82) is 0 Å². The number of allylic oxidation sites excluding steroid dienone is 2. The van der Waals surface area contributed by atoms with E-state index in [1.54, 1.807) is 24.3 Å². The molecule has 3 aromatic rings. The number of hydrogen-bond donors (Lipinski definition) is 2. The van der Waals surface area contributed by atoms with Crippen LogP contribution in [-0.2, 0) is 57.6 Å². The van der Waals surface area contributed by atoms with Crippen molar-refractivity contribution in [3.63, 3.8) is 0 Å². The fraction of sp³-hybridized carbons (Fsp3) is 0.560. The van der Waals surface area contributed by atoms with E-state index >= 15 is 0 Å². The van der Waals surface area contributed by atoms with Crippen LogP contribution in [0.1, 0.15) is 126 Å². The maximum atomic E-state index is 14.7. The zero-order chi connectivity index (χ0) is 46.5. The summed E-state index contributed by atoms with van der Waals surface area (Å²) in [5.41, 5.74) is 4.64. The summed E-state index contributed by atoms with van der Waals surface area (Å²) in [4.78, 5) is 0. The molecule has 0 amide bonds. The third-order valence-corrected chi connectivity index (χ3v) is 15.2. The number of phenols is 2. The van der Waals surface area contributed by atoms with Crippen molar-refractivity contribution in [2.24, 2.45) is 5.92 Å². The van der Waals surface area contributed by atoms with Crippen LogP contribution >= 0.6 is 38.4 Å². The third-order valence-electron chi connectivity index (χ3n) is 10.8. The number of para-hydroxylation sites is 1. The second-order valence-corrected chi connectivity index (χ2v) is 20.7. The van der Waals surface area contributed by atoms with Crippen molar-refractivity contribution in [1.82, 2.24) is 0 Å². The van der Waals surface area contributed by atoms with Gasteiger partial charge in [0.2, 0.25) is 0 Å². The van der Waals surface area contributed by atoms with Gasteiger partial charge in [0.05, 0.1) is 49.7 Å². The first-order valence-electron chi connectivity index (χ1n) is 23.4. The Morgan fingerprint density at radius 2 is 1.06 bits per heavy atom. The smallest absolute Gasteiger partial charge is 0.361 e. The number of unbranched alkanes of at least 4 members (excludes halogenated alkanes) is 2. The Morgan fingerprint density at radius 3 is 1.55 bits per heavy atom. The van der Waals surface area contributed by atoms with Gasteiger partial charge in [-0.1, -0.05) is 78.0 Å². The monoisotopic (exact) mass is 964 g/mol. The molecule has 2 aliphatic carbocycles. The molecule has 0 aliphatic heterocycles. The number of fused-ring (bicyclic) bond motifs is 8. The minimum Gasteiger partial charge on any atom is -0.507 e. The first-order valence-corrected chi connectivity index (χ1v) is 27.5. The Balaban J connectivity index is 0.00000442. The lowest BCUT2D eigenvalue weighted by atomic mass is 9.82. The van der Waals surface area contributed by atoms with Crippen LogP contribution in [0.2, 0.25) is 0 Å². The maximum Gasteiger partial charge on any atom is 0.361 e. The molecule has 0 radical (unpaired) electrons. The molecular weight excluding hydrogens is 893 g/mol. The Kier molecular flexibility index (Phi) is 23.5. The average Bonchev–Trinajstić information content (AvgIpc) is 3.30. The number of halogens is 2. The van der Waals surface area contributed by atoms with Crippen molar-refractivity contribution >= 4 is 49.0 Å². The average molecular weight is 966 g/mol. The van der Waals surface area contributed by atoms with E-state index in [9.17, 15) is 19.3 Å². The van der Waals surface area contributed by atoms with Crippen LogP contribution in [0.4, 0.5) is 0 Å². The molecule has 64 heavy (non-hydrogen) atoms. The second-order valence-electron chi connectivity index (χ2n) is 15.9. The molecule has 0 heterocycles. The number of benzene rings is 3. The first-order chi connectivity index (χ1) is 31.0. The molecule has 0 spiro atoms. The fourth-order valence-corrected chi connectivity index (χ4v) is 11.8. The van der Waals surface area contributed by atoms with Gasteiger partial charge in [0.1, 0.15) is 17.2 Å². The minimum absolute atomic E-state index is 0.0761. The number of ether oxygens (including phenoxy) is 2. The predicted molar refractivity (Wildman–Crippen MR) is 262 cm³/mol. The second kappa shape index (κ2) is 27.9. The van der Waals surface area contributed by atoms with E-state index in [1.807, 2.05) is 71.9 Å². The molecule has 10 nitrogen and oxygen atoms in total. The summed E-state index contributed by atoms with van der Waals surface area (Å²) < 4.78 is 67.0.